The highest BCUT2D eigenvalue weighted by atomic mass is 19.4. The Kier molecular flexibility index (Phi) is 7.65. The van der Waals surface area contributed by atoms with Crippen molar-refractivity contribution in [3.63, 3.8) is 0 Å². The summed E-state index contributed by atoms with van der Waals surface area (Å²) in [7, 11) is 0. The maximum atomic E-state index is 13.3. The summed E-state index contributed by atoms with van der Waals surface area (Å²) in [6, 6.07) is 22.6. The van der Waals surface area contributed by atoms with Crippen LogP contribution in [0.3, 0.4) is 0 Å². The molecule has 0 saturated heterocycles. The highest BCUT2D eigenvalue weighted by Crippen LogP contribution is 2.35. The first-order valence-electron chi connectivity index (χ1n) is 10.9. The molecule has 3 aromatic rings. The molecule has 0 unspecified atom stereocenters. The van der Waals surface area contributed by atoms with Crippen LogP contribution < -0.4 is 10.1 Å². The van der Waals surface area contributed by atoms with Crippen LogP contribution >= 0.6 is 0 Å². The Morgan fingerprint density at radius 2 is 1.60 bits per heavy atom. The standard InChI is InChI=1S/C28H25F3N2O2/c1-27(2,3)25(23(17-32)20-12-9-13-21(16-20)28(29,30)31)33-26(34)22-14-7-8-15-24(22)35-18-19-10-5-4-6-11-19/h4-16H,18H2,1-3H3,(H,33,34)/b25-23-. The van der Waals surface area contributed by atoms with Crippen LogP contribution in [0, 0.1) is 16.7 Å². The normalized spacial score (nSPS) is 12.4. The van der Waals surface area contributed by atoms with Crippen molar-refractivity contribution in [2.24, 2.45) is 5.41 Å². The Labute approximate surface area is 202 Å². The molecule has 35 heavy (non-hydrogen) atoms. The maximum Gasteiger partial charge on any atom is 0.416 e. The molecule has 3 aromatic carbocycles. The number of carbonyl (C=O) groups is 1. The molecule has 0 aliphatic heterocycles. The largest absolute Gasteiger partial charge is 0.488 e. The van der Waals surface area contributed by atoms with Gasteiger partial charge in [-0.25, -0.2) is 0 Å². The van der Waals surface area contributed by atoms with E-state index in [2.05, 4.69) is 5.32 Å². The summed E-state index contributed by atoms with van der Waals surface area (Å²) < 4.78 is 45.6. The molecule has 1 amide bonds. The van der Waals surface area contributed by atoms with E-state index >= 15 is 0 Å². The Morgan fingerprint density at radius 1 is 0.943 bits per heavy atom. The van der Waals surface area contributed by atoms with Crippen molar-refractivity contribution in [3.05, 3.63) is 107 Å². The minimum Gasteiger partial charge on any atom is -0.488 e. The van der Waals surface area contributed by atoms with Crippen molar-refractivity contribution in [2.45, 2.75) is 33.6 Å². The first kappa shape index (κ1) is 25.6. The van der Waals surface area contributed by atoms with Gasteiger partial charge in [0.25, 0.3) is 5.91 Å². The van der Waals surface area contributed by atoms with E-state index in [1.165, 1.54) is 12.1 Å². The third-order valence-electron chi connectivity index (χ3n) is 5.20. The first-order valence-corrected chi connectivity index (χ1v) is 10.9. The van der Waals surface area contributed by atoms with E-state index in [9.17, 15) is 23.2 Å². The molecule has 0 aliphatic carbocycles. The van der Waals surface area contributed by atoms with Crippen LogP contribution in [0.4, 0.5) is 13.2 Å². The molecule has 7 heteroatoms. The van der Waals surface area contributed by atoms with Gasteiger partial charge in [-0.3, -0.25) is 4.79 Å². The zero-order valence-corrected chi connectivity index (χ0v) is 19.6. The highest BCUT2D eigenvalue weighted by Gasteiger charge is 2.32. The number of rotatable bonds is 6. The summed E-state index contributed by atoms with van der Waals surface area (Å²) in [5.41, 5.74) is -0.222. The van der Waals surface area contributed by atoms with E-state index in [1.807, 2.05) is 36.4 Å². The zero-order valence-electron chi connectivity index (χ0n) is 19.6. The molecule has 0 fully saturated rings. The number of nitrogens with zero attached hydrogens (tertiary/aromatic N) is 1. The summed E-state index contributed by atoms with van der Waals surface area (Å²) in [5.74, 6) is -0.182. The van der Waals surface area contributed by atoms with Crippen molar-refractivity contribution in [1.82, 2.24) is 5.32 Å². The van der Waals surface area contributed by atoms with Gasteiger partial charge in [0.2, 0.25) is 0 Å². The highest BCUT2D eigenvalue weighted by molar-refractivity contribution is 5.99. The van der Waals surface area contributed by atoms with E-state index < -0.39 is 23.1 Å². The molecule has 0 atom stereocenters. The van der Waals surface area contributed by atoms with Crippen LogP contribution in [0.5, 0.6) is 5.75 Å². The van der Waals surface area contributed by atoms with Crippen LogP contribution in [0.25, 0.3) is 5.57 Å². The molecule has 0 heterocycles. The minimum absolute atomic E-state index is 0.0420. The molecule has 3 rings (SSSR count). The summed E-state index contributed by atoms with van der Waals surface area (Å²) >= 11 is 0. The van der Waals surface area contributed by atoms with E-state index in [0.717, 1.165) is 17.7 Å². The van der Waals surface area contributed by atoms with Crippen molar-refractivity contribution < 1.29 is 22.7 Å². The van der Waals surface area contributed by atoms with Gasteiger partial charge in [0.1, 0.15) is 18.4 Å². The Bertz CT molecular complexity index is 1270. The Balaban J connectivity index is 1.97. The molecule has 0 saturated carbocycles. The molecular weight excluding hydrogens is 453 g/mol. The van der Waals surface area contributed by atoms with Gasteiger partial charge in [0.15, 0.2) is 0 Å². The van der Waals surface area contributed by atoms with E-state index in [1.54, 1.807) is 45.0 Å². The lowest BCUT2D eigenvalue weighted by Crippen LogP contribution is -2.31. The number of allylic oxidation sites excluding steroid dienone is 2. The average molecular weight is 479 g/mol. The molecule has 1 N–H and O–H groups in total. The Morgan fingerprint density at radius 3 is 2.23 bits per heavy atom. The van der Waals surface area contributed by atoms with E-state index in [4.69, 9.17) is 4.74 Å². The minimum atomic E-state index is -4.56. The number of hydrogen-bond acceptors (Lipinski definition) is 3. The number of halogens is 3. The number of para-hydroxylation sites is 1. The first-order chi connectivity index (χ1) is 16.5. The molecule has 0 aromatic heterocycles. The van der Waals surface area contributed by atoms with E-state index in [0.29, 0.717) is 5.75 Å². The molecule has 0 bridgehead atoms. The summed E-state index contributed by atoms with van der Waals surface area (Å²) in [4.78, 5) is 13.3. The van der Waals surface area contributed by atoms with Gasteiger partial charge in [-0.2, -0.15) is 18.4 Å². The van der Waals surface area contributed by atoms with Crippen molar-refractivity contribution in [2.75, 3.05) is 0 Å². The fraction of sp³-hybridized carbons (Fsp3) is 0.214. The lowest BCUT2D eigenvalue weighted by atomic mass is 9.86. The fourth-order valence-electron chi connectivity index (χ4n) is 3.44. The third-order valence-corrected chi connectivity index (χ3v) is 5.20. The number of ether oxygens (including phenoxy) is 1. The summed E-state index contributed by atoms with van der Waals surface area (Å²) in [5, 5.41) is 12.7. The number of nitrogens with one attached hydrogen (secondary N) is 1. The van der Waals surface area contributed by atoms with Crippen molar-refractivity contribution in [1.29, 1.82) is 5.26 Å². The van der Waals surface area contributed by atoms with Crippen LogP contribution in [0.2, 0.25) is 0 Å². The SMILES string of the molecule is CC(C)(C)/C(NC(=O)c1ccccc1OCc1ccccc1)=C(\C#N)c1cccc(C(F)(F)F)c1. The molecule has 0 spiro atoms. The van der Waals surface area contributed by atoms with Gasteiger partial charge in [0, 0.05) is 11.1 Å². The lowest BCUT2D eigenvalue weighted by Gasteiger charge is -2.26. The van der Waals surface area contributed by atoms with Crippen molar-refractivity contribution >= 4 is 11.5 Å². The van der Waals surface area contributed by atoms with Crippen molar-refractivity contribution in [3.8, 4) is 11.8 Å². The smallest absolute Gasteiger partial charge is 0.416 e. The number of nitriles is 1. The molecular formula is C28H25F3N2O2. The number of alkyl halides is 3. The monoisotopic (exact) mass is 478 g/mol. The Hall–Kier alpha value is -4.05. The second-order valence-corrected chi connectivity index (χ2v) is 8.91. The maximum absolute atomic E-state index is 13.3. The number of carbonyl (C=O) groups excluding carboxylic acids is 1. The second kappa shape index (κ2) is 10.5. The van der Waals surface area contributed by atoms with Crippen LogP contribution in [-0.4, -0.2) is 5.91 Å². The van der Waals surface area contributed by atoms with Crippen LogP contribution in [-0.2, 0) is 12.8 Å². The number of benzene rings is 3. The second-order valence-electron chi connectivity index (χ2n) is 8.91. The number of amides is 1. The number of hydrogen-bond donors (Lipinski definition) is 1. The predicted molar refractivity (Wildman–Crippen MR) is 128 cm³/mol. The van der Waals surface area contributed by atoms with Crippen LogP contribution in [0.15, 0.2) is 84.6 Å². The molecule has 0 radical (unpaired) electrons. The quantitative estimate of drug-likeness (QED) is 0.388. The molecule has 4 nitrogen and oxygen atoms in total. The van der Waals surface area contributed by atoms with Gasteiger partial charge in [0.05, 0.1) is 16.7 Å². The van der Waals surface area contributed by atoms with Gasteiger partial charge < -0.3 is 10.1 Å². The van der Waals surface area contributed by atoms with Gasteiger partial charge >= 0.3 is 6.18 Å². The average Bonchev–Trinajstić information content (AvgIpc) is 2.82. The van der Waals surface area contributed by atoms with Gasteiger partial charge in [-0.05, 0) is 35.4 Å². The van der Waals surface area contributed by atoms with Gasteiger partial charge in [-0.1, -0.05) is 75.4 Å². The zero-order chi connectivity index (χ0) is 25.6. The summed E-state index contributed by atoms with van der Waals surface area (Å²) in [6.45, 7) is 5.56. The summed E-state index contributed by atoms with van der Waals surface area (Å²) in [6.07, 6.45) is -4.56. The topological polar surface area (TPSA) is 62.1 Å². The molecule has 180 valence electrons. The lowest BCUT2D eigenvalue weighted by molar-refractivity contribution is -0.137. The fourth-order valence-corrected chi connectivity index (χ4v) is 3.44. The van der Waals surface area contributed by atoms with Gasteiger partial charge in [-0.15, -0.1) is 0 Å². The third kappa shape index (κ3) is 6.51. The van der Waals surface area contributed by atoms with Crippen LogP contribution in [0.1, 0.15) is 47.8 Å². The predicted octanol–water partition coefficient (Wildman–Crippen LogP) is 7.00. The molecule has 0 aliphatic rings. The van der Waals surface area contributed by atoms with E-state index in [-0.39, 0.29) is 29.0 Å².